The molecular formula is C10H9Cl2N3O. The Kier molecular flexibility index (Phi) is 2.78. The number of amides is 1. The second-order valence-electron chi connectivity index (χ2n) is 3.53. The number of halogens is 2. The van der Waals surface area contributed by atoms with Crippen LogP contribution in [0.1, 0.15) is 12.0 Å². The van der Waals surface area contributed by atoms with Gasteiger partial charge in [-0.05, 0) is 24.6 Å². The number of anilines is 1. The molecule has 0 atom stereocenters. The van der Waals surface area contributed by atoms with Gasteiger partial charge in [-0.15, -0.1) is 0 Å². The third-order valence-corrected chi connectivity index (χ3v) is 2.73. The molecule has 1 aromatic rings. The molecule has 2 rings (SSSR count). The van der Waals surface area contributed by atoms with Crippen LogP contribution in [0, 0.1) is 6.92 Å². The summed E-state index contributed by atoms with van der Waals surface area (Å²) in [5, 5.41) is 6.08. The second-order valence-corrected chi connectivity index (χ2v) is 4.37. The number of rotatable bonds is 1. The van der Waals surface area contributed by atoms with Crippen LogP contribution in [0.15, 0.2) is 17.2 Å². The number of amidine groups is 1. The number of aryl methyl sites for hydroxylation is 1. The third-order valence-electron chi connectivity index (χ3n) is 2.23. The molecule has 0 saturated heterocycles. The lowest BCUT2D eigenvalue weighted by atomic mass is 10.2. The smallest absolute Gasteiger partial charge is 0.255 e. The summed E-state index contributed by atoms with van der Waals surface area (Å²) >= 11 is 11.9. The van der Waals surface area contributed by atoms with E-state index < -0.39 is 0 Å². The third kappa shape index (κ3) is 1.86. The number of carbonyl (C=O) groups excluding carboxylic acids is 1. The number of hydrazone groups is 1. The average Bonchev–Trinajstić information content (AvgIpc) is 2.43. The van der Waals surface area contributed by atoms with E-state index in [2.05, 4.69) is 5.10 Å². The lowest BCUT2D eigenvalue weighted by Crippen LogP contribution is -2.21. The molecule has 6 heteroatoms. The van der Waals surface area contributed by atoms with Gasteiger partial charge in [0, 0.05) is 5.02 Å². The summed E-state index contributed by atoms with van der Waals surface area (Å²) in [6, 6.07) is 3.29. The second kappa shape index (κ2) is 3.96. The highest BCUT2D eigenvalue weighted by molar-refractivity contribution is 6.37. The van der Waals surface area contributed by atoms with Gasteiger partial charge in [0.2, 0.25) is 0 Å². The zero-order chi connectivity index (χ0) is 11.9. The predicted octanol–water partition coefficient (Wildman–Crippen LogP) is 2.31. The molecule has 1 heterocycles. The van der Waals surface area contributed by atoms with Crippen molar-refractivity contribution in [1.82, 2.24) is 0 Å². The maximum Gasteiger partial charge on any atom is 0.255 e. The molecule has 1 aromatic carbocycles. The number of carbonyl (C=O) groups is 1. The summed E-state index contributed by atoms with van der Waals surface area (Å²) in [6.45, 7) is 1.81. The van der Waals surface area contributed by atoms with Gasteiger partial charge in [-0.25, -0.2) is 0 Å². The first-order chi connectivity index (χ1) is 7.49. The van der Waals surface area contributed by atoms with E-state index in [0.29, 0.717) is 15.7 Å². The number of nitrogens with two attached hydrogens (primary N) is 1. The van der Waals surface area contributed by atoms with Crippen LogP contribution in [0.3, 0.4) is 0 Å². The molecule has 16 heavy (non-hydrogen) atoms. The fourth-order valence-electron chi connectivity index (χ4n) is 1.59. The molecule has 0 spiro atoms. The number of nitrogens with zero attached hydrogens (tertiary/aromatic N) is 2. The van der Waals surface area contributed by atoms with Crippen LogP contribution in [0.5, 0.6) is 0 Å². The summed E-state index contributed by atoms with van der Waals surface area (Å²) in [6.07, 6.45) is 0.123. The molecule has 0 aromatic heterocycles. The average molecular weight is 258 g/mol. The van der Waals surface area contributed by atoms with Crippen LogP contribution in [0.4, 0.5) is 5.69 Å². The largest absolute Gasteiger partial charge is 0.385 e. The van der Waals surface area contributed by atoms with Crippen LogP contribution in [0.2, 0.25) is 10.0 Å². The highest BCUT2D eigenvalue weighted by Crippen LogP contribution is 2.34. The van der Waals surface area contributed by atoms with Gasteiger partial charge in [-0.2, -0.15) is 10.1 Å². The maximum absolute atomic E-state index is 11.6. The van der Waals surface area contributed by atoms with Gasteiger partial charge >= 0.3 is 0 Å². The van der Waals surface area contributed by atoms with Crippen molar-refractivity contribution in [2.24, 2.45) is 10.8 Å². The van der Waals surface area contributed by atoms with Gasteiger partial charge < -0.3 is 5.73 Å². The van der Waals surface area contributed by atoms with Gasteiger partial charge in [0.15, 0.2) is 0 Å². The molecule has 1 amide bonds. The highest BCUT2D eigenvalue weighted by Gasteiger charge is 2.26. The molecule has 0 radical (unpaired) electrons. The SMILES string of the molecule is Cc1cc(Cl)cc(Cl)c1N1N=C(N)CC1=O. The van der Waals surface area contributed by atoms with Gasteiger partial charge in [-0.3, -0.25) is 4.79 Å². The fraction of sp³-hybridized carbons (Fsp3) is 0.200. The van der Waals surface area contributed by atoms with E-state index in [0.717, 1.165) is 5.56 Å². The first kappa shape index (κ1) is 11.2. The van der Waals surface area contributed by atoms with E-state index in [1.165, 1.54) is 5.01 Å². The molecule has 0 unspecified atom stereocenters. The summed E-state index contributed by atoms with van der Waals surface area (Å²) < 4.78 is 0. The number of hydrogen-bond acceptors (Lipinski definition) is 3. The summed E-state index contributed by atoms with van der Waals surface area (Å²) in [5.41, 5.74) is 6.82. The van der Waals surface area contributed by atoms with Crippen molar-refractivity contribution in [3.63, 3.8) is 0 Å². The Hall–Kier alpha value is -1.26. The van der Waals surface area contributed by atoms with E-state index in [-0.39, 0.29) is 18.2 Å². The Bertz CT molecular complexity index is 476. The van der Waals surface area contributed by atoms with E-state index in [9.17, 15) is 4.79 Å². The summed E-state index contributed by atoms with van der Waals surface area (Å²) in [4.78, 5) is 11.6. The van der Waals surface area contributed by atoms with E-state index in [4.69, 9.17) is 28.9 Å². The molecule has 84 valence electrons. The molecule has 0 aliphatic carbocycles. The van der Waals surface area contributed by atoms with Gasteiger partial charge in [0.1, 0.15) is 5.84 Å². The first-order valence-electron chi connectivity index (χ1n) is 4.60. The Labute approximate surface area is 103 Å². The first-order valence-corrected chi connectivity index (χ1v) is 5.36. The Morgan fingerprint density at radius 3 is 2.62 bits per heavy atom. The minimum Gasteiger partial charge on any atom is -0.385 e. The lowest BCUT2D eigenvalue weighted by Gasteiger charge is -2.16. The molecule has 2 N–H and O–H groups in total. The Morgan fingerprint density at radius 2 is 2.12 bits per heavy atom. The van der Waals surface area contributed by atoms with Crippen LogP contribution in [0.25, 0.3) is 0 Å². The van der Waals surface area contributed by atoms with Crippen LogP contribution in [-0.2, 0) is 4.79 Å². The minimum absolute atomic E-state index is 0.123. The Balaban J connectivity index is 2.53. The van der Waals surface area contributed by atoms with E-state index >= 15 is 0 Å². The molecule has 0 saturated carbocycles. The van der Waals surface area contributed by atoms with Crippen LogP contribution < -0.4 is 10.7 Å². The van der Waals surface area contributed by atoms with Crippen LogP contribution >= 0.6 is 23.2 Å². The monoisotopic (exact) mass is 257 g/mol. The zero-order valence-corrected chi connectivity index (χ0v) is 10.0. The van der Waals surface area contributed by atoms with Crippen molar-refractivity contribution >= 4 is 40.6 Å². The molecule has 1 aliphatic rings. The molecule has 0 bridgehead atoms. The van der Waals surface area contributed by atoms with Crippen molar-refractivity contribution in [3.05, 3.63) is 27.7 Å². The topological polar surface area (TPSA) is 58.7 Å². The fourth-order valence-corrected chi connectivity index (χ4v) is 2.26. The summed E-state index contributed by atoms with van der Waals surface area (Å²) in [5.74, 6) is 0.0974. The standard InChI is InChI=1S/C10H9Cl2N3O/c1-5-2-6(11)3-7(12)10(5)15-9(16)4-8(13)14-15/h2-3H,4H2,1H3,(H2,13,14). The van der Waals surface area contributed by atoms with Gasteiger partial charge in [-0.1, -0.05) is 23.2 Å². The quantitative estimate of drug-likeness (QED) is 0.840. The number of hydrogen-bond donors (Lipinski definition) is 1. The highest BCUT2D eigenvalue weighted by atomic mass is 35.5. The van der Waals surface area contributed by atoms with Crippen molar-refractivity contribution in [3.8, 4) is 0 Å². The predicted molar refractivity (Wildman–Crippen MR) is 64.9 cm³/mol. The van der Waals surface area contributed by atoms with Crippen molar-refractivity contribution in [2.45, 2.75) is 13.3 Å². The maximum atomic E-state index is 11.6. The van der Waals surface area contributed by atoms with E-state index in [1.54, 1.807) is 12.1 Å². The van der Waals surface area contributed by atoms with Gasteiger partial charge in [0.25, 0.3) is 5.91 Å². The van der Waals surface area contributed by atoms with Crippen molar-refractivity contribution in [1.29, 1.82) is 0 Å². The van der Waals surface area contributed by atoms with Crippen LogP contribution in [-0.4, -0.2) is 11.7 Å². The Morgan fingerprint density at radius 1 is 1.44 bits per heavy atom. The number of benzene rings is 1. The van der Waals surface area contributed by atoms with E-state index in [1.807, 2.05) is 6.92 Å². The molecule has 1 aliphatic heterocycles. The zero-order valence-electron chi connectivity index (χ0n) is 8.50. The van der Waals surface area contributed by atoms with Gasteiger partial charge in [0.05, 0.1) is 17.1 Å². The minimum atomic E-state index is -0.190. The molecule has 4 nitrogen and oxygen atoms in total. The summed E-state index contributed by atoms with van der Waals surface area (Å²) in [7, 11) is 0. The normalized spacial score (nSPS) is 15.6. The van der Waals surface area contributed by atoms with Crippen molar-refractivity contribution in [2.75, 3.05) is 5.01 Å². The lowest BCUT2D eigenvalue weighted by molar-refractivity contribution is -0.116. The van der Waals surface area contributed by atoms with Crippen molar-refractivity contribution < 1.29 is 4.79 Å². The molecular weight excluding hydrogens is 249 g/mol. The molecule has 0 fully saturated rings.